The van der Waals surface area contributed by atoms with E-state index in [0.717, 1.165) is 51.4 Å². The molecule has 0 heterocycles. The van der Waals surface area contributed by atoms with Crippen molar-refractivity contribution in [1.82, 2.24) is 5.32 Å². The molecule has 0 aliphatic heterocycles. The first kappa shape index (κ1) is 74.1. The van der Waals surface area contributed by atoms with E-state index in [1.807, 2.05) is 6.08 Å². The predicted molar refractivity (Wildman–Crippen MR) is 333 cm³/mol. The molecule has 76 heavy (non-hydrogen) atoms. The summed E-state index contributed by atoms with van der Waals surface area (Å²) < 4.78 is 5.47. The number of ether oxygens (including phenoxy) is 1. The van der Waals surface area contributed by atoms with E-state index in [1.165, 1.54) is 295 Å². The van der Waals surface area contributed by atoms with E-state index < -0.39 is 12.1 Å². The first-order chi connectivity index (χ1) is 37.5. The van der Waals surface area contributed by atoms with Gasteiger partial charge in [0.15, 0.2) is 0 Å². The van der Waals surface area contributed by atoms with Gasteiger partial charge in [-0.15, -0.1) is 0 Å². The van der Waals surface area contributed by atoms with E-state index in [1.54, 1.807) is 6.08 Å². The van der Waals surface area contributed by atoms with Crippen LogP contribution >= 0.6 is 0 Å². The molecule has 3 N–H and O–H groups in total. The summed E-state index contributed by atoms with van der Waals surface area (Å²) in [6, 6.07) is -0.634. The standard InChI is InChI=1S/C70H133NO5/c1-3-5-7-9-11-13-15-17-18-19-20-21-23-26-29-32-35-39-42-46-50-54-58-62-68(73)67(66-72)71-69(74)63-59-55-51-47-43-40-36-33-30-27-24-22-25-28-31-34-37-41-45-49-53-57-61-65-76-70(75)64-60-56-52-48-44-38-16-14-12-10-8-6-4-2/h14,16,27,30,58,62,67-68,72-73H,3-13,15,17-26,28-29,31-57,59-61,63-66H2,1-2H3,(H,71,74)/b16-14-,30-27-,62-58+. The van der Waals surface area contributed by atoms with Crippen molar-refractivity contribution < 1.29 is 24.5 Å². The molecule has 6 heteroatoms. The first-order valence-corrected chi connectivity index (χ1v) is 34.3. The first-order valence-electron chi connectivity index (χ1n) is 34.3. The number of carbonyl (C=O) groups excluding carboxylic acids is 2. The number of hydrogen-bond acceptors (Lipinski definition) is 5. The molecule has 448 valence electrons. The fourth-order valence-electron chi connectivity index (χ4n) is 10.6. The number of hydrogen-bond donors (Lipinski definition) is 3. The van der Waals surface area contributed by atoms with Gasteiger partial charge in [-0.25, -0.2) is 0 Å². The van der Waals surface area contributed by atoms with Crippen molar-refractivity contribution >= 4 is 11.9 Å². The summed E-state index contributed by atoms with van der Waals surface area (Å²) in [6.45, 7) is 4.91. The zero-order valence-corrected chi connectivity index (χ0v) is 51.3. The van der Waals surface area contributed by atoms with Crippen LogP contribution < -0.4 is 5.32 Å². The largest absolute Gasteiger partial charge is 0.466 e. The van der Waals surface area contributed by atoms with Crippen molar-refractivity contribution in [3.05, 3.63) is 36.5 Å². The van der Waals surface area contributed by atoms with Crippen LogP contribution in [0.1, 0.15) is 373 Å². The highest BCUT2D eigenvalue weighted by Gasteiger charge is 2.18. The molecule has 0 aromatic carbocycles. The number of allylic oxidation sites excluding steroid dienone is 5. The number of rotatable bonds is 64. The summed E-state index contributed by atoms with van der Waals surface area (Å²) >= 11 is 0. The van der Waals surface area contributed by atoms with E-state index >= 15 is 0 Å². The Morgan fingerprint density at radius 2 is 0.618 bits per heavy atom. The SMILES string of the molecule is CCCCCC/C=C\CCCCCCCC(=O)OCCCCCCCCCCCCCC/C=C\CCCCCCCCCC(=O)NC(CO)C(O)/C=C/CCCCCCCCCCCCCCCCCCCCCCC. The van der Waals surface area contributed by atoms with E-state index in [2.05, 4.69) is 43.5 Å². The predicted octanol–water partition coefficient (Wildman–Crippen LogP) is 21.9. The molecule has 0 bridgehead atoms. The second-order valence-electron chi connectivity index (χ2n) is 23.5. The molecule has 0 saturated heterocycles. The molecule has 0 aromatic rings. The third-order valence-electron chi connectivity index (χ3n) is 15.9. The van der Waals surface area contributed by atoms with Crippen LogP contribution in [0, 0.1) is 0 Å². The van der Waals surface area contributed by atoms with Crippen LogP contribution in [0.15, 0.2) is 36.5 Å². The molecular weight excluding hydrogens is 935 g/mol. The Bertz CT molecular complexity index is 1230. The maximum atomic E-state index is 12.5. The number of nitrogens with one attached hydrogen (secondary N) is 1. The smallest absolute Gasteiger partial charge is 0.305 e. The zero-order valence-electron chi connectivity index (χ0n) is 51.3. The Balaban J connectivity index is 3.45. The van der Waals surface area contributed by atoms with Gasteiger partial charge in [-0.05, 0) is 83.5 Å². The number of carbonyl (C=O) groups is 2. The maximum absolute atomic E-state index is 12.5. The lowest BCUT2D eigenvalue weighted by Crippen LogP contribution is -2.45. The summed E-state index contributed by atoms with van der Waals surface area (Å²) in [7, 11) is 0. The van der Waals surface area contributed by atoms with Crippen LogP contribution in [0.3, 0.4) is 0 Å². The minimum Gasteiger partial charge on any atom is -0.466 e. The van der Waals surface area contributed by atoms with Gasteiger partial charge < -0.3 is 20.3 Å². The lowest BCUT2D eigenvalue weighted by atomic mass is 10.0. The summed E-state index contributed by atoms with van der Waals surface area (Å²) in [6.07, 6.45) is 83.5. The fraction of sp³-hybridized carbons (Fsp3) is 0.886. The number of amides is 1. The Hall–Kier alpha value is -1.92. The second kappa shape index (κ2) is 65.6. The van der Waals surface area contributed by atoms with Gasteiger partial charge in [0.1, 0.15) is 0 Å². The minimum atomic E-state index is -0.850. The second-order valence-corrected chi connectivity index (χ2v) is 23.5. The molecule has 0 radical (unpaired) electrons. The number of esters is 1. The van der Waals surface area contributed by atoms with Gasteiger partial charge in [0.25, 0.3) is 0 Å². The fourth-order valence-corrected chi connectivity index (χ4v) is 10.6. The molecule has 1 amide bonds. The zero-order chi connectivity index (χ0) is 55.0. The number of aliphatic hydroxyl groups excluding tert-OH is 2. The van der Waals surface area contributed by atoms with E-state index in [9.17, 15) is 19.8 Å². The highest BCUT2D eigenvalue weighted by molar-refractivity contribution is 5.76. The molecule has 2 unspecified atom stereocenters. The van der Waals surface area contributed by atoms with Crippen molar-refractivity contribution in [2.75, 3.05) is 13.2 Å². The van der Waals surface area contributed by atoms with Gasteiger partial charge >= 0.3 is 5.97 Å². The molecule has 2 atom stereocenters. The van der Waals surface area contributed by atoms with Crippen LogP contribution in [0.5, 0.6) is 0 Å². The van der Waals surface area contributed by atoms with Gasteiger partial charge in [0.2, 0.25) is 5.91 Å². The Labute approximate surface area is 474 Å². The Morgan fingerprint density at radius 3 is 0.947 bits per heavy atom. The molecule has 0 aliphatic rings. The summed E-state index contributed by atoms with van der Waals surface area (Å²) in [5.74, 6) is -0.0688. The normalized spacial score (nSPS) is 12.7. The molecule has 0 aromatic heterocycles. The average Bonchev–Trinajstić information content (AvgIpc) is 3.42. The van der Waals surface area contributed by atoms with Crippen molar-refractivity contribution in [2.24, 2.45) is 0 Å². The van der Waals surface area contributed by atoms with Crippen LogP contribution in [-0.4, -0.2) is 47.4 Å². The van der Waals surface area contributed by atoms with Gasteiger partial charge in [-0.3, -0.25) is 9.59 Å². The van der Waals surface area contributed by atoms with E-state index in [-0.39, 0.29) is 18.5 Å². The summed E-state index contributed by atoms with van der Waals surface area (Å²) in [5, 5.41) is 23.2. The van der Waals surface area contributed by atoms with Crippen molar-refractivity contribution in [3.8, 4) is 0 Å². The third-order valence-corrected chi connectivity index (χ3v) is 15.9. The van der Waals surface area contributed by atoms with Gasteiger partial charge in [-0.1, -0.05) is 314 Å². The molecule has 0 fully saturated rings. The monoisotopic (exact) mass is 1070 g/mol. The third kappa shape index (κ3) is 61.3. The van der Waals surface area contributed by atoms with Crippen LogP contribution in [-0.2, 0) is 14.3 Å². The number of unbranched alkanes of at least 4 members (excludes halogenated alkanes) is 49. The van der Waals surface area contributed by atoms with Crippen LogP contribution in [0.25, 0.3) is 0 Å². The molecule has 6 nitrogen and oxygen atoms in total. The van der Waals surface area contributed by atoms with E-state index in [4.69, 9.17) is 4.74 Å². The van der Waals surface area contributed by atoms with Gasteiger partial charge in [0.05, 0.1) is 25.4 Å². The van der Waals surface area contributed by atoms with Gasteiger partial charge in [-0.2, -0.15) is 0 Å². The molecular formula is C70H133NO5. The van der Waals surface area contributed by atoms with Crippen molar-refractivity contribution in [3.63, 3.8) is 0 Å². The summed E-state index contributed by atoms with van der Waals surface area (Å²) in [4.78, 5) is 24.6. The van der Waals surface area contributed by atoms with E-state index in [0.29, 0.717) is 19.4 Å². The molecule has 0 saturated carbocycles. The van der Waals surface area contributed by atoms with Crippen molar-refractivity contribution in [2.45, 2.75) is 386 Å². The lowest BCUT2D eigenvalue weighted by Gasteiger charge is -2.20. The molecule has 0 aliphatic carbocycles. The lowest BCUT2D eigenvalue weighted by molar-refractivity contribution is -0.143. The highest BCUT2D eigenvalue weighted by atomic mass is 16.5. The van der Waals surface area contributed by atoms with Crippen LogP contribution in [0.2, 0.25) is 0 Å². The highest BCUT2D eigenvalue weighted by Crippen LogP contribution is 2.18. The molecule has 0 spiro atoms. The average molecular weight is 1070 g/mol. The Morgan fingerprint density at radius 1 is 0.355 bits per heavy atom. The van der Waals surface area contributed by atoms with Gasteiger partial charge in [0, 0.05) is 12.8 Å². The minimum absolute atomic E-state index is 0.00208. The maximum Gasteiger partial charge on any atom is 0.305 e. The quantitative estimate of drug-likeness (QED) is 0.0320. The Kier molecular flexibility index (Phi) is 63.9. The van der Waals surface area contributed by atoms with Crippen molar-refractivity contribution in [1.29, 1.82) is 0 Å². The topological polar surface area (TPSA) is 95.9 Å². The number of aliphatic hydroxyl groups is 2. The summed E-state index contributed by atoms with van der Waals surface area (Å²) in [5.41, 5.74) is 0. The van der Waals surface area contributed by atoms with Crippen LogP contribution in [0.4, 0.5) is 0 Å². The molecule has 0 rings (SSSR count).